The molecule has 1 aromatic carbocycles. The van der Waals surface area contributed by atoms with Crippen LogP contribution in [0.5, 0.6) is 0 Å². The maximum atomic E-state index is 12.5. The van der Waals surface area contributed by atoms with Gasteiger partial charge in [0.15, 0.2) is 0 Å². The van der Waals surface area contributed by atoms with E-state index in [4.69, 9.17) is 10.5 Å². The third kappa shape index (κ3) is 3.53. The van der Waals surface area contributed by atoms with Crippen molar-refractivity contribution in [2.24, 2.45) is 5.73 Å². The lowest BCUT2D eigenvalue weighted by atomic mass is 9.89. The fourth-order valence-corrected chi connectivity index (χ4v) is 2.81. The molecule has 0 spiro atoms. The Balaban J connectivity index is 1.99. The van der Waals surface area contributed by atoms with Crippen LogP contribution in [0, 0.1) is 0 Å². The molecule has 1 saturated heterocycles. The van der Waals surface area contributed by atoms with Gasteiger partial charge in [-0.15, -0.1) is 11.8 Å². The Morgan fingerprint density at radius 2 is 1.95 bits per heavy atom. The Morgan fingerprint density at radius 1 is 1.35 bits per heavy atom. The fraction of sp³-hybridized carbons (Fsp3) is 0.533. The third-order valence-electron chi connectivity index (χ3n) is 3.74. The quantitative estimate of drug-likeness (QED) is 0.861. The number of nitrogens with zero attached hydrogens (tertiary/aromatic N) is 1. The monoisotopic (exact) mass is 294 g/mol. The predicted octanol–water partition coefficient (Wildman–Crippen LogP) is 1.87. The van der Waals surface area contributed by atoms with E-state index in [0.29, 0.717) is 32.6 Å². The van der Waals surface area contributed by atoms with Crippen LogP contribution in [0.2, 0.25) is 0 Å². The molecule has 1 heterocycles. The van der Waals surface area contributed by atoms with Crippen molar-refractivity contribution in [3.8, 4) is 0 Å². The molecule has 5 heteroatoms. The standard InChI is InChI=1S/C15H22N2O2S/c1-17(11-12-3-5-13(20-2)6-4-12)14(18)15(16)7-9-19-10-8-15/h3-6H,7-11,16H2,1-2H3. The summed E-state index contributed by atoms with van der Waals surface area (Å²) in [7, 11) is 1.81. The van der Waals surface area contributed by atoms with E-state index in [2.05, 4.69) is 24.3 Å². The van der Waals surface area contributed by atoms with Crippen LogP contribution in [0.3, 0.4) is 0 Å². The Labute approximate surface area is 124 Å². The van der Waals surface area contributed by atoms with Crippen LogP contribution in [0.15, 0.2) is 29.2 Å². The normalized spacial score (nSPS) is 17.8. The van der Waals surface area contributed by atoms with Gasteiger partial charge in [-0.25, -0.2) is 0 Å². The Kier molecular flexibility index (Phi) is 5.07. The lowest BCUT2D eigenvalue weighted by Gasteiger charge is -2.35. The van der Waals surface area contributed by atoms with Crippen molar-refractivity contribution in [2.75, 3.05) is 26.5 Å². The Bertz CT molecular complexity index is 455. The van der Waals surface area contributed by atoms with Gasteiger partial charge in [-0.1, -0.05) is 12.1 Å². The number of hydrogen-bond donors (Lipinski definition) is 1. The van der Waals surface area contributed by atoms with E-state index in [1.165, 1.54) is 4.90 Å². The number of benzene rings is 1. The number of carbonyl (C=O) groups is 1. The molecule has 1 fully saturated rings. The summed E-state index contributed by atoms with van der Waals surface area (Å²) in [6.07, 6.45) is 3.25. The maximum absolute atomic E-state index is 12.5. The lowest BCUT2D eigenvalue weighted by Crippen LogP contribution is -2.57. The van der Waals surface area contributed by atoms with Gasteiger partial charge < -0.3 is 15.4 Å². The van der Waals surface area contributed by atoms with E-state index in [-0.39, 0.29) is 5.91 Å². The molecule has 1 aromatic rings. The van der Waals surface area contributed by atoms with Gasteiger partial charge in [0.2, 0.25) is 5.91 Å². The van der Waals surface area contributed by atoms with Crippen LogP contribution in [-0.2, 0) is 16.1 Å². The number of amides is 1. The van der Waals surface area contributed by atoms with Crippen LogP contribution >= 0.6 is 11.8 Å². The van der Waals surface area contributed by atoms with E-state index in [1.54, 1.807) is 16.7 Å². The second-order valence-electron chi connectivity index (χ2n) is 5.28. The van der Waals surface area contributed by atoms with Gasteiger partial charge >= 0.3 is 0 Å². The summed E-state index contributed by atoms with van der Waals surface area (Å²) in [6.45, 7) is 1.73. The summed E-state index contributed by atoms with van der Waals surface area (Å²) < 4.78 is 5.29. The van der Waals surface area contributed by atoms with E-state index in [9.17, 15) is 4.79 Å². The summed E-state index contributed by atoms with van der Waals surface area (Å²) in [4.78, 5) is 15.4. The molecule has 1 aliphatic rings. The molecule has 2 N–H and O–H groups in total. The van der Waals surface area contributed by atoms with Crippen molar-refractivity contribution < 1.29 is 9.53 Å². The summed E-state index contributed by atoms with van der Waals surface area (Å²) in [5, 5.41) is 0. The average molecular weight is 294 g/mol. The van der Waals surface area contributed by atoms with Crippen LogP contribution in [0.1, 0.15) is 18.4 Å². The third-order valence-corrected chi connectivity index (χ3v) is 4.48. The minimum absolute atomic E-state index is 0.00902. The summed E-state index contributed by atoms with van der Waals surface area (Å²) in [6, 6.07) is 8.27. The summed E-state index contributed by atoms with van der Waals surface area (Å²) in [5.41, 5.74) is 6.59. The van der Waals surface area contributed by atoms with E-state index in [0.717, 1.165) is 5.56 Å². The number of hydrogen-bond acceptors (Lipinski definition) is 4. The molecule has 1 amide bonds. The Hall–Kier alpha value is -1.04. The van der Waals surface area contributed by atoms with Crippen molar-refractivity contribution >= 4 is 17.7 Å². The number of nitrogens with two attached hydrogens (primary N) is 1. The minimum atomic E-state index is -0.758. The molecule has 0 saturated carbocycles. The molecule has 0 unspecified atom stereocenters. The number of ether oxygens (including phenoxy) is 1. The van der Waals surface area contributed by atoms with Gasteiger partial charge in [-0.2, -0.15) is 0 Å². The second-order valence-corrected chi connectivity index (χ2v) is 6.16. The van der Waals surface area contributed by atoms with E-state index in [1.807, 2.05) is 13.3 Å². The van der Waals surface area contributed by atoms with Gasteiger partial charge in [0, 0.05) is 31.7 Å². The molecule has 0 aromatic heterocycles. The average Bonchev–Trinajstić information content (AvgIpc) is 2.48. The van der Waals surface area contributed by atoms with Gasteiger partial charge in [0.1, 0.15) is 0 Å². The highest BCUT2D eigenvalue weighted by molar-refractivity contribution is 7.98. The Morgan fingerprint density at radius 3 is 2.50 bits per heavy atom. The van der Waals surface area contributed by atoms with Crippen LogP contribution in [0.25, 0.3) is 0 Å². The number of likely N-dealkylation sites (N-methyl/N-ethyl adjacent to an activating group) is 1. The van der Waals surface area contributed by atoms with Gasteiger partial charge in [0.25, 0.3) is 0 Å². The van der Waals surface area contributed by atoms with Crippen LogP contribution in [0.4, 0.5) is 0 Å². The summed E-state index contributed by atoms with van der Waals surface area (Å²) in [5.74, 6) is 0.00902. The predicted molar refractivity (Wildman–Crippen MR) is 81.7 cm³/mol. The smallest absolute Gasteiger partial charge is 0.242 e. The highest BCUT2D eigenvalue weighted by Crippen LogP contribution is 2.21. The van der Waals surface area contributed by atoms with Crippen molar-refractivity contribution in [3.63, 3.8) is 0 Å². The zero-order valence-corrected chi connectivity index (χ0v) is 12.9. The molecular weight excluding hydrogens is 272 g/mol. The van der Waals surface area contributed by atoms with E-state index < -0.39 is 5.54 Å². The number of rotatable bonds is 4. The number of thioether (sulfide) groups is 1. The van der Waals surface area contributed by atoms with Crippen molar-refractivity contribution in [3.05, 3.63) is 29.8 Å². The topological polar surface area (TPSA) is 55.6 Å². The first kappa shape index (κ1) is 15.4. The highest BCUT2D eigenvalue weighted by Gasteiger charge is 2.37. The first-order valence-electron chi connectivity index (χ1n) is 6.80. The lowest BCUT2D eigenvalue weighted by molar-refractivity contribution is -0.139. The van der Waals surface area contributed by atoms with E-state index >= 15 is 0 Å². The minimum Gasteiger partial charge on any atom is -0.381 e. The zero-order chi connectivity index (χ0) is 14.6. The first-order valence-corrected chi connectivity index (χ1v) is 8.03. The molecule has 110 valence electrons. The molecule has 1 aliphatic heterocycles. The summed E-state index contributed by atoms with van der Waals surface area (Å²) >= 11 is 1.71. The van der Waals surface area contributed by atoms with Gasteiger partial charge in [-0.05, 0) is 36.8 Å². The molecule has 0 bridgehead atoms. The molecule has 4 nitrogen and oxygen atoms in total. The molecule has 0 aliphatic carbocycles. The first-order chi connectivity index (χ1) is 9.55. The highest BCUT2D eigenvalue weighted by atomic mass is 32.2. The molecule has 0 radical (unpaired) electrons. The fourth-order valence-electron chi connectivity index (χ4n) is 2.41. The maximum Gasteiger partial charge on any atom is 0.242 e. The van der Waals surface area contributed by atoms with Crippen LogP contribution < -0.4 is 5.73 Å². The zero-order valence-electron chi connectivity index (χ0n) is 12.1. The SMILES string of the molecule is CSc1ccc(CN(C)C(=O)C2(N)CCOCC2)cc1. The van der Waals surface area contributed by atoms with Gasteiger partial charge in [-0.3, -0.25) is 4.79 Å². The molecule has 0 atom stereocenters. The second kappa shape index (κ2) is 6.61. The molecule has 20 heavy (non-hydrogen) atoms. The largest absolute Gasteiger partial charge is 0.381 e. The number of carbonyl (C=O) groups excluding carboxylic acids is 1. The molecular formula is C15H22N2O2S. The van der Waals surface area contributed by atoms with Crippen molar-refractivity contribution in [1.29, 1.82) is 0 Å². The van der Waals surface area contributed by atoms with Crippen molar-refractivity contribution in [2.45, 2.75) is 29.8 Å². The molecule has 2 rings (SSSR count). The van der Waals surface area contributed by atoms with Gasteiger partial charge in [0.05, 0.1) is 5.54 Å². The van der Waals surface area contributed by atoms with Crippen LogP contribution in [-0.4, -0.2) is 42.9 Å². The van der Waals surface area contributed by atoms with Crippen molar-refractivity contribution in [1.82, 2.24) is 4.90 Å².